The average Bonchev–Trinajstić information content (AvgIpc) is 2.71. The van der Waals surface area contributed by atoms with Crippen LogP contribution in [-0.2, 0) is 0 Å². The number of ether oxygens (including phenoxy) is 2. The fourth-order valence-corrected chi connectivity index (χ4v) is 3.51. The molecule has 0 aromatic heterocycles. The molecule has 0 saturated carbocycles. The minimum absolute atomic E-state index is 0.221. The van der Waals surface area contributed by atoms with Gasteiger partial charge >= 0.3 is 0 Å². The molecular formula is C26H27FO3. The zero-order chi connectivity index (χ0) is 21.8. The van der Waals surface area contributed by atoms with Crippen molar-refractivity contribution in [3.05, 3.63) is 77.1 Å². The van der Waals surface area contributed by atoms with E-state index in [9.17, 15) is 9.50 Å². The van der Waals surface area contributed by atoms with Crippen LogP contribution in [0.15, 0.2) is 60.2 Å². The molecule has 0 aliphatic carbocycles. The monoisotopic (exact) mass is 406 g/mol. The largest absolute Gasteiger partial charge is 0.508 e. The molecule has 30 heavy (non-hydrogen) atoms. The Morgan fingerprint density at radius 3 is 2.27 bits per heavy atom. The van der Waals surface area contributed by atoms with Crippen LogP contribution in [0.1, 0.15) is 25.0 Å². The lowest BCUT2D eigenvalue weighted by atomic mass is 9.90. The van der Waals surface area contributed by atoms with Crippen molar-refractivity contribution < 1.29 is 19.0 Å². The Labute approximate surface area is 177 Å². The van der Waals surface area contributed by atoms with Crippen molar-refractivity contribution in [2.24, 2.45) is 0 Å². The molecule has 0 fully saturated rings. The first-order chi connectivity index (χ1) is 14.3. The molecule has 0 aliphatic rings. The van der Waals surface area contributed by atoms with Gasteiger partial charge in [-0.15, -0.1) is 0 Å². The van der Waals surface area contributed by atoms with Crippen LogP contribution in [0.3, 0.4) is 0 Å². The fraction of sp³-hybridized carbons (Fsp3) is 0.231. The summed E-state index contributed by atoms with van der Waals surface area (Å²) in [6, 6.07) is 14.1. The van der Waals surface area contributed by atoms with Gasteiger partial charge in [0.05, 0.1) is 7.11 Å². The lowest BCUT2D eigenvalue weighted by Crippen LogP contribution is -1.99. The third-order valence-corrected chi connectivity index (χ3v) is 5.06. The van der Waals surface area contributed by atoms with Crippen LogP contribution in [-0.4, -0.2) is 18.8 Å². The zero-order valence-electron chi connectivity index (χ0n) is 18.0. The number of rotatable bonds is 6. The van der Waals surface area contributed by atoms with Crippen molar-refractivity contribution in [3.8, 4) is 39.5 Å². The van der Waals surface area contributed by atoms with Gasteiger partial charge in [0.1, 0.15) is 18.1 Å². The van der Waals surface area contributed by atoms with Gasteiger partial charge in [-0.05, 0) is 85.9 Å². The SMILES string of the molecule is COc1c(C)c(-c2ccc(O)cc2)cc(C)c1-c1ccc(OCC=C(C)C)c(F)c1. The Kier molecular flexibility index (Phi) is 6.46. The molecule has 156 valence electrons. The van der Waals surface area contributed by atoms with E-state index in [-0.39, 0.29) is 11.5 Å². The first-order valence-electron chi connectivity index (χ1n) is 9.85. The minimum Gasteiger partial charge on any atom is -0.508 e. The highest BCUT2D eigenvalue weighted by molar-refractivity contribution is 5.83. The molecule has 0 saturated heterocycles. The summed E-state index contributed by atoms with van der Waals surface area (Å²) in [6.07, 6.45) is 1.91. The van der Waals surface area contributed by atoms with Crippen molar-refractivity contribution in [3.63, 3.8) is 0 Å². The summed E-state index contributed by atoms with van der Waals surface area (Å²) in [6.45, 7) is 8.25. The molecule has 0 unspecified atom stereocenters. The lowest BCUT2D eigenvalue weighted by Gasteiger charge is -2.19. The maximum atomic E-state index is 14.7. The van der Waals surface area contributed by atoms with E-state index >= 15 is 0 Å². The molecule has 0 spiro atoms. The number of hydrogen-bond donors (Lipinski definition) is 1. The standard InChI is InChI=1S/C26H27FO3/c1-16(2)12-13-30-24-11-8-20(15-23(24)27)25-17(3)14-22(18(4)26(25)29-5)19-6-9-21(28)10-7-19/h6-12,14-15,28H,13H2,1-5H3. The van der Waals surface area contributed by atoms with E-state index in [2.05, 4.69) is 6.07 Å². The van der Waals surface area contributed by atoms with Crippen molar-refractivity contribution in [1.82, 2.24) is 0 Å². The second kappa shape index (κ2) is 9.04. The van der Waals surface area contributed by atoms with E-state index in [1.54, 1.807) is 25.3 Å². The molecule has 0 aliphatic heterocycles. The van der Waals surface area contributed by atoms with Gasteiger partial charge in [-0.3, -0.25) is 0 Å². The number of phenolic OH excluding ortho intramolecular Hbond substituents is 1. The first-order valence-corrected chi connectivity index (χ1v) is 9.85. The van der Waals surface area contributed by atoms with Crippen LogP contribution in [0, 0.1) is 19.7 Å². The molecule has 0 atom stereocenters. The molecule has 0 radical (unpaired) electrons. The molecule has 0 bridgehead atoms. The molecule has 3 rings (SSSR count). The summed E-state index contributed by atoms with van der Waals surface area (Å²) < 4.78 is 26.0. The Balaban J connectivity index is 2.04. The van der Waals surface area contributed by atoms with E-state index in [4.69, 9.17) is 9.47 Å². The fourth-order valence-electron chi connectivity index (χ4n) is 3.51. The minimum atomic E-state index is -0.406. The third-order valence-electron chi connectivity index (χ3n) is 5.06. The second-order valence-electron chi connectivity index (χ2n) is 7.56. The number of hydrogen-bond acceptors (Lipinski definition) is 3. The second-order valence-corrected chi connectivity index (χ2v) is 7.56. The normalized spacial score (nSPS) is 10.6. The van der Waals surface area contributed by atoms with Gasteiger partial charge in [0, 0.05) is 5.56 Å². The van der Waals surface area contributed by atoms with Gasteiger partial charge in [-0.2, -0.15) is 0 Å². The first kappa shape index (κ1) is 21.4. The molecule has 0 amide bonds. The van der Waals surface area contributed by atoms with Crippen LogP contribution in [0.25, 0.3) is 22.3 Å². The number of aryl methyl sites for hydroxylation is 1. The van der Waals surface area contributed by atoms with E-state index in [1.807, 2.05) is 52.0 Å². The number of aromatic hydroxyl groups is 1. The van der Waals surface area contributed by atoms with Gasteiger partial charge in [0.15, 0.2) is 11.6 Å². The predicted octanol–water partition coefficient (Wildman–Crippen LogP) is 6.84. The topological polar surface area (TPSA) is 38.7 Å². The molecule has 3 nitrogen and oxygen atoms in total. The van der Waals surface area contributed by atoms with Crippen molar-refractivity contribution >= 4 is 0 Å². The highest BCUT2D eigenvalue weighted by Gasteiger charge is 2.18. The Morgan fingerprint density at radius 2 is 1.67 bits per heavy atom. The van der Waals surface area contributed by atoms with Crippen molar-refractivity contribution in [2.75, 3.05) is 13.7 Å². The van der Waals surface area contributed by atoms with E-state index < -0.39 is 5.82 Å². The number of halogens is 1. The summed E-state index contributed by atoms with van der Waals surface area (Å²) in [5, 5.41) is 9.58. The van der Waals surface area contributed by atoms with Crippen LogP contribution in [0.4, 0.5) is 4.39 Å². The number of allylic oxidation sites excluding steroid dienone is 1. The van der Waals surface area contributed by atoms with Crippen LogP contribution in [0.5, 0.6) is 17.2 Å². The van der Waals surface area contributed by atoms with E-state index in [0.29, 0.717) is 12.4 Å². The van der Waals surface area contributed by atoms with E-state index in [1.165, 1.54) is 6.07 Å². The Morgan fingerprint density at radius 1 is 1.00 bits per heavy atom. The van der Waals surface area contributed by atoms with Crippen LogP contribution >= 0.6 is 0 Å². The lowest BCUT2D eigenvalue weighted by molar-refractivity contribution is 0.341. The number of methoxy groups -OCH3 is 1. The van der Waals surface area contributed by atoms with Gasteiger partial charge < -0.3 is 14.6 Å². The van der Waals surface area contributed by atoms with Crippen LogP contribution in [0.2, 0.25) is 0 Å². The van der Waals surface area contributed by atoms with Crippen LogP contribution < -0.4 is 9.47 Å². The van der Waals surface area contributed by atoms with Gasteiger partial charge in [0.25, 0.3) is 0 Å². The summed E-state index contributed by atoms with van der Waals surface area (Å²) in [5.74, 6) is 0.747. The molecule has 0 heterocycles. The summed E-state index contributed by atoms with van der Waals surface area (Å²) >= 11 is 0. The number of phenols is 1. The Bertz CT molecular complexity index is 1080. The Hall–Kier alpha value is -3.27. The average molecular weight is 406 g/mol. The maximum absolute atomic E-state index is 14.7. The van der Waals surface area contributed by atoms with Gasteiger partial charge in [-0.25, -0.2) is 4.39 Å². The smallest absolute Gasteiger partial charge is 0.165 e. The summed E-state index contributed by atoms with van der Waals surface area (Å²) in [7, 11) is 1.62. The zero-order valence-corrected chi connectivity index (χ0v) is 18.0. The van der Waals surface area contributed by atoms with E-state index in [0.717, 1.165) is 39.0 Å². The molecule has 3 aromatic carbocycles. The summed E-state index contributed by atoms with van der Waals surface area (Å²) in [4.78, 5) is 0. The predicted molar refractivity (Wildman–Crippen MR) is 120 cm³/mol. The summed E-state index contributed by atoms with van der Waals surface area (Å²) in [5.41, 5.74) is 6.62. The van der Waals surface area contributed by atoms with Crippen molar-refractivity contribution in [1.29, 1.82) is 0 Å². The van der Waals surface area contributed by atoms with Gasteiger partial charge in [0.2, 0.25) is 0 Å². The number of benzene rings is 3. The van der Waals surface area contributed by atoms with Gasteiger partial charge in [-0.1, -0.05) is 29.8 Å². The quantitative estimate of drug-likeness (QED) is 0.456. The maximum Gasteiger partial charge on any atom is 0.165 e. The molecule has 1 N–H and O–H groups in total. The molecular weight excluding hydrogens is 379 g/mol. The van der Waals surface area contributed by atoms with Crippen molar-refractivity contribution in [2.45, 2.75) is 27.7 Å². The highest BCUT2D eigenvalue weighted by atomic mass is 19.1. The molecule has 3 aromatic rings. The molecule has 4 heteroatoms. The third kappa shape index (κ3) is 4.48. The highest BCUT2D eigenvalue weighted by Crippen LogP contribution is 2.42.